The van der Waals surface area contributed by atoms with E-state index in [1.54, 1.807) is 11.3 Å². The molecule has 1 saturated heterocycles. The number of thiazole rings is 1. The summed E-state index contributed by atoms with van der Waals surface area (Å²) in [6, 6.07) is 5.44. The predicted octanol–water partition coefficient (Wildman–Crippen LogP) is 4.24. The molecule has 36 heavy (non-hydrogen) atoms. The van der Waals surface area contributed by atoms with Crippen LogP contribution in [0, 0.1) is 23.2 Å². The van der Waals surface area contributed by atoms with Gasteiger partial charge in [-0.1, -0.05) is 50.0 Å². The Hall–Kier alpha value is -1.38. The van der Waals surface area contributed by atoms with E-state index in [1.807, 2.05) is 30.0 Å². The summed E-state index contributed by atoms with van der Waals surface area (Å²) >= 11 is 14.4. The van der Waals surface area contributed by atoms with Crippen LogP contribution in [0.3, 0.4) is 0 Å². The number of para-hydroxylation sites is 1. The number of benzene rings is 1. The molecule has 2 fully saturated rings. The van der Waals surface area contributed by atoms with Gasteiger partial charge in [-0.2, -0.15) is 0 Å². The molecule has 1 aromatic carbocycles. The largest absolute Gasteiger partial charge is 0.392 e. The van der Waals surface area contributed by atoms with E-state index in [0.717, 1.165) is 56.3 Å². The first-order valence-corrected chi connectivity index (χ1v) is 14.6. The molecule has 1 aromatic heterocycles. The number of nitrogens with one attached hydrogen (secondary N) is 2. The van der Waals surface area contributed by atoms with E-state index < -0.39 is 6.10 Å². The zero-order chi connectivity index (χ0) is 25.8. The van der Waals surface area contributed by atoms with E-state index in [-0.39, 0.29) is 35.0 Å². The molecule has 2 aliphatic carbocycles. The number of carbonyl (C=O) groups is 1. The number of halogens is 2. The van der Waals surface area contributed by atoms with Crippen molar-refractivity contribution in [2.24, 2.45) is 23.2 Å². The number of likely N-dealkylation sites (N-methyl/N-ethyl adjacent to an activating group) is 1. The highest BCUT2D eigenvalue weighted by Gasteiger charge is 2.54. The molecule has 5 rings (SSSR count). The van der Waals surface area contributed by atoms with Gasteiger partial charge in [0.25, 0.3) is 0 Å². The summed E-state index contributed by atoms with van der Waals surface area (Å²) < 4.78 is 0. The summed E-state index contributed by atoms with van der Waals surface area (Å²) in [5, 5.41) is 17.0. The van der Waals surface area contributed by atoms with Gasteiger partial charge in [-0.05, 0) is 48.6 Å². The van der Waals surface area contributed by atoms with Gasteiger partial charge < -0.3 is 20.2 Å². The molecule has 3 aliphatic rings. The van der Waals surface area contributed by atoms with Crippen LogP contribution in [0.1, 0.15) is 50.1 Å². The summed E-state index contributed by atoms with van der Waals surface area (Å²) in [5.74, 6) is 0.168. The molecule has 2 heterocycles. The molecule has 1 amide bonds. The highest BCUT2D eigenvalue weighted by molar-refractivity contribution is 7.15. The molecule has 1 saturated carbocycles. The molecule has 0 unspecified atom stereocenters. The van der Waals surface area contributed by atoms with Crippen LogP contribution in [0.15, 0.2) is 18.2 Å². The van der Waals surface area contributed by atoms with E-state index in [0.29, 0.717) is 15.7 Å². The summed E-state index contributed by atoms with van der Waals surface area (Å²) in [7, 11) is 2.18. The molecule has 0 spiro atoms. The van der Waals surface area contributed by atoms with Gasteiger partial charge in [0, 0.05) is 16.7 Å². The number of aliphatic hydroxyl groups excluding tert-OH is 1. The number of hydrogen-bond donors (Lipinski definition) is 3. The number of quaternary nitrogens is 1. The van der Waals surface area contributed by atoms with Gasteiger partial charge in [0.2, 0.25) is 5.91 Å². The minimum absolute atomic E-state index is 0.0197. The van der Waals surface area contributed by atoms with Crippen LogP contribution < -0.4 is 10.2 Å². The fraction of sp³-hybridized carbons (Fsp3) is 0.630. The molecule has 0 radical (unpaired) electrons. The standard InChI is InChI=1S/C27H36Cl2N4O2S/c1-15(25(35)33-12-10-32(4)11-13-33)17-8-9-27(3)14-20-22(16(2)21(27)24(17)34)30-26(36-20)31-23-18(28)6-5-7-19(23)29/h5-7,15-17,21,24,34H,8-14H2,1-4H3,(H,30,31)/p+1/t15-,16-,17+,21+,24-,27-/m0/s1. The van der Waals surface area contributed by atoms with Crippen LogP contribution in [0.25, 0.3) is 0 Å². The van der Waals surface area contributed by atoms with E-state index in [9.17, 15) is 9.90 Å². The van der Waals surface area contributed by atoms with Gasteiger partial charge in [-0.15, -0.1) is 11.3 Å². The summed E-state index contributed by atoms with van der Waals surface area (Å²) in [5.41, 5.74) is 1.70. The second-order valence-electron chi connectivity index (χ2n) is 11.5. The maximum Gasteiger partial charge on any atom is 0.226 e. The maximum absolute atomic E-state index is 13.4. The van der Waals surface area contributed by atoms with Crippen molar-refractivity contribution in [2.75, 3.05) is 38.5 Å². The number of fused-ring (bicyclic) bond motifs is 2. The molecule has 0 bridgehead atoms. The van der Waals surface area contributed by atoms with Crippen molar-refractivity contribution in [3.63, 3.8) is 0 Å². The minimum atomic E-state index is -0.528. The van der Waals surface area contributed by atoms with Crippen LogP contribution in [-0.4, -0.2) is 60.2 Å². The third kappa shape index (κ3) is 4.66. The lowest BCUT2D eigenvalue weighted by atomic mass is 9.53. The van der Waals surface area contributed by atoms with E-state index in [1.165, 1.54) is 9.78 Å². The Labute approximate surface area is 228 Å². The lowest BCUT2D eigenvalue weighted by Crippen LogP contribution is -3.12. The van der Waals surface area contributed by atoms with Crippen molar-refractivity contribution in [3.05, 3.63) is 38.8 Å². The van der Waals surface area contributed by atoms with Crippen molar-refractivity contribution in [2.45, 2.75) is 52.1 Å². The number of carbonyl (C=O) groups excluding carboxylic acids is 1. The topological polar surface area (TPSA) is 69.9 Å². The van der Waals surface area contributed by atoms with Crippen molar-refractivity contribution < 1.29 is 14.8 Å². The first-order valence-electron chi connectivity index (χ1n) is 13.1. The Balaban J connectivity index is 1.36. The molecule has 6 atom stereocenters. The average molecular weight is 553 g/mol. The highest BCUT2D eigenvalue weighted by atomic mass is 35.5. The number of aromatic nitrogens is 1. The molecule has 2 aromatic rings. The van der Waals surface area contributed by atoms with Crippen LogP contribution >= 0.6 is 34.5 Å². The lowest BCUT2D eigenvalue weighted by Gasteiger charge is -2.53. The Bertz CT molecular complexity index is 1110. The molecular weight excluding hydrogens is 515 g/mol. The lowest BCUT2D eigenvalue weighted by molar-refractivity contribution is -0.883. The van der Waals surface area contributed by atoms with E-state index in [2.05, 4.69) is 26.2 Å². The number of rotatable bonds is 4. The smallest absolute Gasteiger partial charge is 0.226 e. The molecule has 3 N–H and O–H groups in total. The SMILES string of the molecule is C[C@H](C(=O)N1CC[NH+](C)CC1)[C@H]1CC[C@@]2(C)Cc3sc(Nc4c(Cl)cccc4Cl)nc3[C@@H](C)[C@@H]2[C@H]1O. The fourth-order valence-corrected chi connectivity index (χ4v) is 8.66. The number of aliphatic hydroxyl groups is 1. The quantitative estimate of drug-likeness (QED) is 0.531. The van der Waals surface area contributed by atoms with Gasteiger partial charge >= 0.3 is 0 Å². The molecule has 6 nitrogen and oxygen atoms in total. The maximum atomic E-state index is 13.4. The van der Waals surface area contributed by atoms with Crippen LogP contribution in [0.5, 0.6) is 0 Å². The Morgan fingerprint density at radius 3 is 2.64 bits per heavy atom. The highest BCUT2D eigenvalue weighted by Crippen LogP contribution is 2.57. The molecule has 1 aliphatic heterocycles. The molecule has 9 heteroatoms. The Morgan fingerprint density at radius 2 is 1.97 bits per heavy atom. The molecular formula is C27H37Cl2N4O2S+. The Kier molecular flexibility index (Phi) is 7.33. The third-order valence-corrected chi connectivity index (χ3v) is 10.7. The van der Waals surface area contributed by atoms with E-state index >= 15 is 0 Å². The number of hydrogen-bond acceptors (Lipinski definition) is 5. The second kappa shape index (κ2) is 10.1. The average Bonchev–Trinajstić information content (AvgIpc) is 3.23. The van der Waals surface area contributed by atoms with Gasteiger partial charge in [0.15, 0.2) is 5.13 Å². The van der Waals surface area contributed by atoms with Gasteiger partial charge in [-0.3, -0.25) is 4.79 Å². The van der Waals surface area contributed by atoms with Crippen LogP contribution in [0.2, 0.25) is 10.0 Å². The third-order valence-electron chi connectivity index (χ3n) is 9.08. The monoisotopic (exact) mass is 551 g/mol. The summed E-state index contributed by atoms with van der Waals surface area (Å²) in [6.45, 7) is 10.1. The van der Waals surface area contributed by atoms with Crippen LogP contribution in [0.4, 0.5) is 10.8 Å². The minimum Gasteiger partial charge on any atom is -0.392 e. The molecule has 196 valence electrons. The number of amides is 1. The second-order valence-corrected chi connectivity index (χ2v) is 13.4. The summed E-state index contributed by atoms with van der Waals surface area (Å²) in [4.78, 5) is 23.1. The summed E-state index contributed by atoms with van der Waals surface area (Å²) in [6.07, 6.45) is 2.24. The zero-order valence-corrected chi connectivity index (χ0v) is 23.8. The van der Waals surface area contributed by atoms with Crippen molar-refractivity contribution in [1.29, 1.82) is 0 Å². The fourth-order valence-electron chi connectivity index (χ4n) is 6.90. The first kappa shape index (κ1) is 26.2. The van der Waals surface area contributed by atoms with E-state index in [4.69, 9.17) is 28.2 Å². The van der Waals surface area contributed by atoms with Crippen molar-refractivity contribution in [1.82, 2.24) is 9.88 Å². The number of anilines is 2. The number of nitrogens with zero attached hydrogens (tertiary/aromatic N) is 2. The number of piperazine rings is 1. The zero-order valence-electron chi connectivity index (χ0n) is 21.5. The van der Waals surface area contributed by atoms with Gasteiger partial charge in [0.1, 0.15) is 0 Å². The van der Waals surface area contributed by atoms with Crippen LogP contribution in [-0.2, 0) is 11.2 Å². The normalized spacial score (nSPS) is 31.5. The van der Waals surface area contributed by atoms with Crippen molar-refractivity contribution >= 4 is 51.3 Å². The first-order chi connectivity index (χ1) is 17.1. The van der Waals surface area contributed by atoms with Gasteiger partial charge in [-0.25, -0.2) is 4.98 Å². The predicted molar refractivity (Wildman–Crippen MR) is 147 cm³/mol. The van der Waals surface area contributed by atoms with Crippen molar-refractivity contribution in [3.8, 4) is 0 Å². The van der Waals surface area contributed by atoms with Gasteiger partial charge in [0.05, 0.1) is 60.8 Å². The Morgan fingerprint density at radius 1 is 1.31 bits per heavy atom.